The number of carboxylic acid groups (broad SMARTS) is 1. The van der Waals surface area contributed by atoms with Gasteiger partial charge in [-0.25, -0.2) is 0 Å². The van der Waals surface area contributed by atoms with Gasteiger partial charge in [-0.05, 0) is 19.1 Å². The Hall–Kier alpha value is -2.75. The van der Waals surface area contributed by atoms with E-state index >= 15 is 0 Å². The fraction of sp³-hybridized carbons (Fsp3) is 0.308. The average molecular weight is 278 g/mol. The molecule has 0 spiro atoms. The molecule has 1 atom stereocenters. The molecule has 0 aliphatic heterocycles. The zero-order valence-electron chi connectivity index (χ0n) is 10.8. The van der Waals surface area contributed by atoms with Crippen molar-refractivity contribution in [3.8, 4) is 12.3 Å². The lowest BCUT2D eigenvalue weighted by Gasteiger charge is -2.22. The zero-order valence-corrected chi connectivity index (χ0v) is 10.8. The van der Waals surface area contributed by atoms with Gasteiger partial charge in [0.2, 0.25) is 5.91 Å². The minimum atomic E-state index is -1.18. The summed E-state index contributed by atoms with van der Waals surface area (Å²) in [7, 11) is 0. The molecule has 0 aliphatic carbocycles. The Morgan fingerprint density at radius 2 is 2.25 bits per heavy atom. The second-order valence-electron chi connectivity index (χ2n) is 3.96. The first-order valence-corrected chi connectivity index (χ1v) is 5.74. The van der Waals surface area contributed by atoms with Gasteiger partial charge < -0.3 is 19.7 Å². The number of terminal acetylenes is 1. The number of aliphatic carboxylic acids is 1. The molecule has 7 nitrogen and oxygen atoms in total. The van der Waals surface area contributed by atoms with E-state index in [0.717, 1.165) is 4.90 Å². The van der Waals surface area contributed by atoms with Crippen LogP contribution >= 0.6 is 0 Å². The SMILES string of the molecule is C#CCN(CC(=O)O)C(=O)C(C)NC(=O)c1ccco1. The summed E-state index contributed by atoms with van der Waals surface area (Å²) in [5.74, 6) is -0.0620. The molecular formula is C13H14N2O5. The molecule has 1 unspecified atom stereocenters. The van der Waals surface area contributed by atoms with Gasteiger partial charge in [-0.15, -0.1) is 6.42 Å². The normalized spacial score (nSPS) is 11.2. The monoisotopic (exact) mass is 278 g/mol. The van der Waals surface area contributed by atoms with E-state index in [1.54, 1.807) is 0 Å². The van der Waals surface area contributed by atoms with Crippen molar-refractivity contribution in [1.29, 1.82) is 0 Å². The van der Waals surface area contributed by atoms with Crippen molar-refractivity contribution in [1.82, 2.24) is 10.2 Å². The minimum Gasteiger partial charge on any atom is -0.480 e. The Morgan fingerprint density at radius 3 is 2.75 bits per heavy atom. The summed E-state index contributed by atoms with van der Waals surface area (Å²) in [6, 6.07) is 2.07. The summed E-state index contributed by atoms with van der Waals surface area (Å²) < 4.78 is 4.89. The van der Waals surface area contributed by atoms with E-state index in [1.807, 2.05) is 0 Å². The van der Waals surface area contributed by atoms with Gasteiger partial charge in [-0.1, -0.05) is 5.92 Å². The van der Waals surface area contributed by atoms with Crippen LogP contribution in [0.1, 0.15) is 17.5 Å². The number of nitrogens with one attached hydrogen (secondary N) is 1. The van der Waals surface area contributed by atoms with Crippen molar-refractivity contribution in [2.24, 2.45) is 0 Å². The van der Waals surface area contributed by atoms with Crippen LogP contribution in [0, 0.1) is 12.3 Å². The minimum absolute atomic E-state index is 0.0615. The van der Waals surface area contributed by atoms with Gasteiger partial charge in [-0.3, -0.25) is 14.4 Å². The molecule has 0 bridgehead atoms. The molecule has 0 aliphatic rings. The van der Waals surface area contributed by atoms with E-state index in [2.05, 4.69) is 11.2 Å². The predicted octanol–water partition coefficient (Wildman–Crippen LogP) is -0.0557. The number of furan rings is 1. The van der Waals surface area contributed by atoms with Crippen LogP contribution in [-0.4, -0.2) is 46.9 Å². The zero-order chi connectivity index (χ0) is 15.1. The maximum absolute atomic E-state index is 12.0. The molecule has 2 N–H and O–H groups in total. The average Bonchev–Trinajstić information content (AvgIpc) is 2.90. The topological polar surface area (TPSA) is 99.9 Å². The van der Waals surface area contributed by atoms with E-state index in [-0.39, 0.29) is 12.3 Å². The van der Waals surface area contributed by atoms with Crippen molar-refractivity contribution in [3.63, 3.8) is 0 Å². The third-order valence-corrected chi connectivity index (χ3v) is 2.38. The number of nitrogens with zero attached hydrogens (tertiary/aromatic N) is 1. The highest BCUT2D eigenvalue weighted by Gasteiger charge is 2.24. The van der Waals surface area contributed by atoms with Gasteiger partial charge >= 0.3 is 5.97 Å². The molecule has 1 rings (SSSR count). The molecule has 0 saturated heterocycles. The van der Waals surface area contributed by atoms with E-state index < -0.39 is 30.4 Å². The highest BCUT2D eigenvalue weighted by atomic mass is 16.4. The van der Waals surface area contributed by atoms with E-state index in [4.69, 9.17) is 15.9 Å². The van der Waals surface area contributed by atoms with Crippen molar-refractivity contribution < 1.29 is 23.9 Å². The van der Waals surface area contributed by atoms with E-state index in [0.29, 0.717) is 0 Å². The molecular weight excluding hydrogens is 264 g/mol. The van der Waals surface area contributed by atoms with Gasteiger partial charge in [0.1, 0.15) is 12.6 Å². The molecule has 0 saturated carbocycles. The van der Waals surface area contributed by atoms with E-state index in [9.17, 15) is 14.4 Å². The Morgan fingerprint density at radius 1 is 1.55 bits per heavy atom. The maximum atomic E-state index is 12.0. The second kappa shape index (κ2) is 6.99. The van der Waals surface area contributed by atoms with Crippen molar-refractivity contribution in [2.75, 3.05) is 13.1 Å². The number of carbonyl (C=O) groups is 3. The summed E-state index contributed by atoms with van der Waals surface area (Å²) in [6.45, 7) is 0.768. The maximum Gasteiger partial charge on any atom is 0.323 e. The summed E-state index contributed by atoms with van der Waals surface area (Å²) in [6.07, 6.45) is 6.41. The largest absolute Gasteiger partial charge is 0.480 e. The fourth-order valence-corrected chi connectivity index (χ4v) is 1.50. The fourth-order valence-electron chi connectivity index (χ4n) is 1.50. The molecule has 0 fully saturated rings. The van der Waals surface area contributed by atoms with Gasteiger partial charge in [0.15, 0.2) is 5.76 Å². The molecule has 106 valence electrons. The Balaban J connectivity index is 2.67. The van der Waals surface area contributed by atoms with Gasteiger partial charge in [0.05, 0.1) is 12.8 Å². The van der Waals surface area contributed by atoms with Crippen LogP contribution in [0.25, 0.3) is 0 Å². The van der Waals surface area contributed by atoms with Crippen molar-refractivity contribution in [3.05, 3.63) is 24.2 Å². The highest BCUT2D eigenvalue weighted by molar-refractivity contribution is 5.95. The van der Waals surface area contributed by atoms with Crippen molar-refractivity contribution >= 4 is 17.8 Å². The number of amides is 2. The summed E-state index contributed by atoms with van der Waals surface area (Å²) in [4.78, 5) is 35.3. The summed E-state index contributed by atoms with van der Waals surface area (Å²) in [5, 5.41) is 11.1. The number of hydrogen-bond acceptors (Lipinski definition) is 4. The Kier molecular flexibility index (Phi) is 5.35. The molecule has 0 aromatic carbocycles. The standard InChI is InChI=1S/C13H14N2O5/c1-3-6-15(8-11(16)17)13(19)9(2)14-12(18)10-5-4-7-20-10/h1,4-5,7,9H,6,8H2,2H3,(H,14,18)(H,16,17). The van der Waals surface area contributed by atoms with Crippen LogP contribution < -0.4 is 5.32 Å². The van der Waals surface area contributed by atoms with Crippen LogP contribution in [0.3, 0.4) is 0 Å². The molecule has 2 amide bonds. The van der Waals surface area contributed by atoms with Crippen LogP contribution in [0.15, 0.2) is 22.8 Å². The van der Waals surface area contributed by atoms with Crippen molar-refractivity contribution in [2.45, 2.75) is 13.0 Å². The summed E-state index contributed by atoms with van der Waals surface area (Å²) >= 11 is 0. The number of rotatable bonds is 6. The molecule has 20 heavy (non-hydrogen) atoms. The first kappa shape index (κ1) is 15.3. The van der Waals surface area contributed by atoms with Crippen LogP contribution in [-0.2, 0) is 9.59 Å². The molecule has 0 radical (unpaired) electrons. The van der Waals surface area contributed by atoms with Gasteiger partial charge in [-0.2, -0.15) is 0 Å². The first-order chi connectivity index (χ1) is 9.45. The lowest BCUT2D eigenvalue weighted by molar-refractivity contribution is -0.144. The Bertz CT molecular complexity index is 529. The molecule has 1 heterocycles. The van der Waals surface area contributed by atoms with Crippen LogP contribution in [0.2, 0.25) is 0 Å². The predicted molar refractivity (Wildman–Crippen MR) is 68.7 cm³/mol. The Labute approximate surface area is 115 Å². The van der Waals surface area contributed by atoms with Crippen LogP contribution in [0.5, 0.6) is 0 Å². The van der Waals surface area contributed by atoms with Gasteiger partial charge in [0, 0.05) is 0 Å². The number of carbonyl (C=O) groups excluding carboxylic acids is 2. The lowest BCUT2D eigenvalue weighted by Crippen LogP contribution is -2.48. The third-order valence-electron chi connectivity index (χ3n) is 2.38. The van der Waals surface area contributed by atoms with Crippen LogP contribution in [0.4, 0.5) is 0 Å². The molecule has 7 heteroatoms. The summed E-state index contributed by atoms with van der Waals surface area (Å²) in [5.41, 5.74) is 0. The second-order valence-corrected chi connectivity index (χ2v) is 3.96. The van der Waals surface area contributed by atoms with E-state index in [1.165, 1.54) is 25.3 Å². The number of hydrogen-bond donors (Lipinski definition) is 2. The molecule has 1 aromatic rings. The third kappa shape index (κ3) is 4.17. The van der Waals surface area contributed by atoms with Gasteiger partial charge in [0.25, 0.3) is 5.91 Å². The molecule has 1 aromatic heterocycles. The number of carboxylic acids is 1. The first-order valence-electron chi connectivity index (χ1n) is 5.74. The lowest BCUT2D eigenvalue weighted by atomic mass is 10.2. The smallest absolute Gasteiger partial charge is 0.323 e. The quantitative estimate of drug-likeness (QED) is 0.710. The highest BCUT2D eigenvalue weighted by Crippen LogP contribution is 2.02.